The Morgan fingerprint density at radius 2 is 2.21 bits per heavy atom. The molecule has 2 atom stereocenters. The Morgan fingerprint density at radius 1 is 1.57 bits per heavy atom. The smallest absolute Gasteiger partial charge is 1.00 e. The Bertz CT molecular complexity index is 156. The zero-order valence-corrected chi connectivity index (χ0v) is 11.8. The molecule has 0 amide bonds. The summed E-state index contributed by atoms with van der Waals surface area (Å²) in [6, 6.07) is 0. The van der Waals surface area contributed by atoms with Crippen LogP contribution in [0, 0.1) is 0 Å². The zero-order chi connectivity index (χ0) is 10.1. The summed E-state index contributed by atoms with van der Waals surface area (Å²) in [5, 5.41) is 0. The minimum atomic E-state index is -2.06. The van der Waals surface area contributed by atoms with Crippen molar-refractivity contribution in [3.05, 3.63) is 0 Å². The standard InChI is InChI=1S/C7H18N2O3P.Na.H/c1-2-6-11-13(10)12-7(9)4-3-5-8;;/h7H,2-6,8-9H2,1H3;;/q2*+1;-1. The summed E-state index contributed by atoms with van der Waals surface area (Å²) >= 11 is 0. The molecule has 0 saturated heterocycles. The molecule has 0 rings (SSSR count). The Labute approximate surface area is 110 Å². The van der Waals surface area contributed by atoms with Crippen molar-refractivity contribution < 1.29 is 44.6 Å². The maximum atomic E-state index is 11.0. The predicted molar refractivity (Wildman–Crippen MR) is 52.3 cm³/mol. The van der Waals surface area contributed by atoms with E-state index in [1.807, 2.05) is 6.92 Å². The molecular formula is C7H19N2NaO3P+. The Balaban J connectivity index is -0.000000720. The monoisotopic (exact) mass is 233 g/mol. The molecule has 0 aromatic heterocycles. The van der Waals surface area contributed by atoms with Crippen molar-refractivity contribution in [1.29, 1.82) is 0 Å². The first-order valence-electron chi connectivity index (χ1n) is 4.43. The van der Waals surface area contributed by atoms with Crippen molar-refractivity contribution in [2.45, 2.75) is 32.4 Å². The Hall–Kier alpha value is 0.940. The van der Waals surface area contributed by atoms with Crippen LogP contribution in [0.25, 0.3) is 0 Å². The van der Waals surface area contributed by atoms with E-state index < -0.39 is 14.5 Å². The van der Waals surface area contributed by atoms with E-state index in [9.17, 15) is 4.57 Å². The van der Waals surface area contributed by atoms with Crippen LogP contribution >= 0.6 is 8.25 Å². The summed E-state index contributed by atoms with van der Waals surface area (Å²) in [4.78, 5) is 0. The molecule has 0 aliphatic heterocycles. The number of hydrogen-bond acceptors (Lipinski definition) is 5. The predicted octanol–water partition coefficient (Wildman–Crippen LogP) is -1.77. The SMILES string of the molecule is CCCO[P+](=O)OC(N)CCCN.[H-].[Na+]. The van der Waals surface area contributed by atoms with Gasteiger partial charge in [0.15, 0.2) is 6.23 Å². The molecule has 4 N–H and O–H groups in total. The van der Waals surface area contributed by atoms with E-state index in [0.717, 1.165) is 12.8 Å². The third-order valence-electron chi connectivity index (χ3n) is 1.32. The molecule has 0 aliphatic rings. The van der Waals surface area contributed by atoms with E-state index in [4.69, 9.17) is 20.5 Å². The van der Waals surface area contributed by atoms with Crippen molar-refractivity contribution in [1.82, 2.24) is 0 Å². The fraction of sp³-hybridized carbons (Fsp3) is 1.00. The van der Waals surface area contributed by atoms with Gasteiger partial charge in [0.1, 0.15) is 6.61 Å². The van der Waals surface area contributed by atoms with Crippen LogP contribution in [0.3, 0.4) is 0 Å². The fourth-order valence-corrected chi connectivity index (χ4v) is 1.40. The second kappa shape index (κ2) is 12.0. The second-order valence-electron chi connectivity index (χ2n) is 2.63. The fourth-order valence-electron chi connectivity index (χ4n) is 0.679. The van der Waals surface area contributed by atoms with E-state index in [2.05, 4.69) is 0 Å². The Kier molecular flexibility index (Phi) is 14.9. The van der Waals surface area contributed by atoms with Gasteiger partial charge in [-0.25, -0.2) is 0 Å². The molecule has 14 heavy (non-hydrogen) atoms. The van der Waals surface area contributed by atoms with Gasteiger partial charge in [-0.2, -0.15) is 0 Å². The minimum absolute atomic E-state index is 0. The van der Waals surface area contributed by atoms with Gasteiger partial charge in [-0.3, -0.25) is 0 Å². The molecule has 0 bridgehead atoms. The van der Waals surface area contributed by atoms with Crippen LogP contribution in [-0.4, -0.2) is 19.4 Å². The number of nitrogens with two attached hydrogens (primary N) is 2. The van der Waals surface area contributed by atoms with Gasteiger partial charge in [0, 0.05) is 4.57 Å². The molecule has 5 nitrogen and oxygen atoms in total. The summed E-state index contributed by atoms with van der Waals surface area (Å²) in [6.45, 7) is 2.92. The van der Waals surface area contributed by atoms with Crippen molar-refractivity contribution >= 4 is 8.25 Å². The van der Waals surface area contributed by atoms with Gasteiger partial charge in [0.25, 0.3) is 0 Å². The Morgan fingerprint density at radius 3 is 2.71 bits per heavy atom. The van der Waals surface area contributed by atoms with E-state index in [-0.39, 0.29) is 31.0 Å². The van der Waals surface area contributed by atoms with E-state index in [0.29, 0.717) is 19.6 Å². The molecule has 0 aliphatic carbocycles. The third-order valence-corrected chi connectivity index (χ3v) is 2.15. The summed E-state index contributed by atoms with van der Waals surface area (Å²) in [5.74, 6) is 0. The summed E-state index contributed by atoms with van der Waals surface area (Å²) in [6.07, 6.45) is 1.64. The average Bonchev–Trinajstić information content (AvgIpc) is 2.11. The maximum Gasteiger partial charge on any atom is 1.00 e. The van der Waals surface area contributed by atoms with Crippen LogP contribution in [0.15, 0.2) is 0 Å². The topological polar surface area (TPSA) is 87.6 Å². The molecule has 7 heteroatoms. The molecule has 0 aromatic carbocycles. The summed E-state index contributed by atoms with van der Waals surface area (Å²) in [5.41, 5.74) is 10.8. The van der Waals surface area contributed by atoms with E-state index in [1.165, 1.54) is 0 Å². The second-order valence-corrected chi connectivity index (χ2v) is 3.55. The van der Waals surface area contributed by atoms with Crippen molar-refractivity contribution in [3.8, 4) is 0 Å². The van der Waals surface area contributed by atoms with Gasteiger partial charge < -0.3 is 12.9 Å². The van der Waals surface area contributed by atoms with Crippen molar-refractivity contribution in [2.24, 2.45) is 11.5 Å². The summed E-state index contributed by atoms with van der Waals surface area (Å²) < 4.78 is 20.6. The van der Waals surface area contributed by atoms with Gasteiger partial charge in [-0.15, -0.1) is 9.05 Å². The van der Waals surface area contributed by atoms with Crippen LogP contribution in [0.5, 0.6) is 0 Å². The molecular weight excluding hydrogens is 214 g/mol. The molecule has 0 aromatic rings. The molecule has 80 valence electrons. The van der Waals surface area contributed by atoms with Crippen LogP contribution in [0.4, 0.5) is 0 Å². The quantitative estimate of drug-likeness (QED) is 0.294. The van der Waals surface area contributed by atoms with Gasteiger partial charge in [-0.05, 0) is 25.8 Å². The molecule has 0 heterocycles. The summed E-state index contributed by atoms with van der Waals surface area (Å²) in [7, 11) is -2.06. The zero-order valence-electron chi connectivity index (χ0n) is 9.94. The molecule has 0 spiro atoms. The van der Waals surface area contributed by atoms with E-state index >= 15 is 0 Å². The van der Waals surface area contributed by atoms with Gasteiger partial charge in [-0.1, -0.05) is 6.92 Å². The normalized spacial score (nSPS) is 13.2. The van der Waals surface area contributed by atoms with Gasteiger partial charge in [0.05, 0.1) is 0 Å². The molecule has 0 radical (unpaired) electrons. The van der Waals surface area contributed by atoms with Crippen LogP contribution in [0.2, 0.25) is 0 Å². The number of hydrogen-bond donors (Lipinski definition) is 2. The first kappa shape index (κ1) is 17.3. The maximum absolute atomic E-state index is 11.0. The van der Waals surface area contributed by atoms with Crippen molar-refractivity contribution in [2.75, 3.05) is 13.2 Å². The average molecular weight is 233 g/mol. The molecule has 0 fully saturated rings. The minimum Gasteiger partial charge on any atom is -1.00 e. The van der Waals surface area contributed by atoms with Crippen LogP contribution < -0.4 is 41.0 Å². The molecule has 2 unspecified atom stereocenters. The van der Waals surface area contributed by atoms with Gasteiger partial charge in [0.2, 0.25) is 0 Å². The van der Waals surface area contributed by atoms with Crippen LogP contribution in [-0.2, 0) is 13.6 Å². The first-order valence-corrected chi connectivity index (χ1v) is 5.52. The first-order chi connectivity index (χ1) is 6.20. The van der Waals surface area contributed by atoms with Gasteiger partial charge >= 0.3 is 37.8 Å². The van der Waals surface area contributed by atoms with Crippen LogP contribution in [0.1, 0.15) is 27.6 Å². The largest absolute Gasteiger partial charge is 1.00 e. The van der Waals surface area contributed by atoms with E-state index in [1.54, 1.807) is 0 Å². The van der Waals surface area contributed by atoms with Crippen molar-refractivity contribution in [3.63, 3.8) is 0 Å². The third kappa shape index (κ3) is 11.0. The molecule has 0 saturated carbocycles. The number of rotatable bonds is 8.